The number of nitrogens with one attached hydrogen (secondary N) is 2. The van der Waals surface area contributed by atoms with Crippen LogP contribution in [0, 0.1) is 5.92 Å². The van der Waals surface area contributed by atoms with E-state index in [0.717, 1.165) is 38.2 Å². The van der Waals surface area contributed by atoms with Gasteiger partial charge in [0.25, 0.3) is 5.91 Å². The predicted molar refractivity (Wildman–Crippen MR) is 107 cm³/mol. The molecule has 6 nitrogen and oxygen atoms in total. The molecular formula is C21H32N4O2. The molecule has 0 saturated carbocycles. The molecule has 2 aliphatic heterocycles. The summed E-state index contributed by atoms with van der Waals surface area (Å²) in [5.74, 6) is 0.862. The van der Waals surface area contributed by atoms with Gasteiger partial charge in [-0.2, -0.15) is 0 Å². The molecule has 0 aliphatic carbocycles. The van der Waals surface area contributed by atoms with E-state index in [0.29, 0.717) is 25.6 Å². The highest BCUT2D eigenvalue weighted by Crippen LogP contribution is 2.17. The van der Waals surface area contributed by atoms with Gasteiger partial charge in [0, 0.05) is 37.8 Å². The minimum Gasteiger partial charge on any atom is -0.353 e. The summed E-state index contributed by atoms with van der Waals surface area (Å²) in [6.07, 6.45) is 2.32. The fraction of sp³-hybridized carbons (Fsp3) is 0.619. The van der Waals surface area contributed by atoms with Crippen LogP contribution in [0.25, 0.3) is 0 Å². The van der Waals surface area contributed by atoms with E-state index < -0.39 is 0 Å². The maximum atomic E-state index is 12.7. The number of benzene rings is 1. The maximum absolute atomic E-state index is 12.7. The number of piperazine rings is 1. The molecule has 3 rings (SSSR count). The Morgan fingerprint density at radius 2 is 1.85 bits per heavy atom. The van der Waals surface area contributed by atoms with Gasteiger partial charge in [0.2, 0.25) is 5.91 Å². The van der Waals surface area contributed by atoms with Gasteiger partial charge in [-0.3, -0.25) is 14.5 Å². The van der Waals surface area contributed by atoms with Gasteiger partial charge in [-0.1, -0.05) is 12.1 Å². The molecule has 148 valence electrons. The third-order valence-electron chi connectivity index (χ3n) is 5.36. The first-order valence-electron chi connectivity index (χ1n) is 10.1. The second kappa shape index (κ2) is 9.33. The van der Waals surface area contributed by atoms with E-state index in [4.69, 9.17) is 0 Å². The summed E-state index contributed by atoms with van der Waals surface area (Å²) in [6.45, 7) is 9.37. The van der Waals surface area contributed by atoms with Crippen LogP contribution in [0.15, 0.2) is 24.3 Å². The van der Waals surface area contributed by atoms with Crippen LogP contribution < -0.4 is 10.6 Å². The van der Waals surface area contributed by atoms with Gasteiger partial charge in [0.1, 0.15) is 0 Å². The predicted octanol–water partition coefficient (Wildman–Crippen LogP) is 1.12. The van der Waals surface area contributed by atoms with Crippen molar-refractivity contribution in [2.24, 2.45) is 5.92 Å². The molecule has 0 radical (unpaired) electrons. The van der Waals surface area contributed by atoms with Crippen molar-refractivity contribution in [1.82, 2.24) is 20.4 Å². The molecule has 0 bridgehead atoms. The minimum absolute atomic E-state index is 0.0535. The number of carbonyl (C=O) groups excluding carboxylic acids is 2. The fourth-order valence-electron chi connectivity index (χ4n) is 3.87. The Balaban J connectivity index is 1.46. The summed E-state index contributed by atoms with van der Waals surface area (Å²) >= 11 is 0. The van der Waals surface area contributed by atoms with Gasteiger partial charge in [-0.25, -0.2) is 0 Å². The molecule has 2 aliphatic rings. The summed E-state index contributed by atoms with van der Waals surface area (Å²) in [4.78, 5) is 28.6. The lowest BCUT2D eigenvalue weighted by molar-refractivity contribution is -0.123. The van der Waals surface area contributed by atoms with Crippen molar-refractivity contribution >= 4 is 11.8 Å². The van der Waals surface area contributed by atoms with E-state index in [-0.39, 0.29) is 17.9 Å². The molecular weight excluding hydrogens is 340 g/mol. The number of nitrogens with zero attached hydrogens (tertiary/aromatic N) is 2. The summed E-state index contributed by atoms with van der Waals surface area (Å²) < 4.78 is 0. The van der Waals surface area contributed by atoms with Crippen molar-refractivity contribution in [3.63, 3.8) is 0 Å². The van der Waals surface area contributed by atoms with Gasteiger partial charge >= 0.3 is 0 Å². The van der Waals surface area contributed by atoms with E-state index in [2.05, 4.69) is 27.7 Å². The van der Waals surface area contributed by atoms with E-state index in [9.17, 15) is 9.59 Å². The van der Waals surface area contributed by atoms with Crippen LogP contribution in [0.4, 0.5) is 0 Å². The molecule has 1 atom stereocenters. The quantitative estimate of drug-likeness (QED) is 0.786. The average Bonchev–Trinajstić information content (AvgIpc) is 3.15. The van der Waals surface area contributed by atoms with Gasteiger partial charge in [-0.05, 0) is 63.4 Å². The van der Waals surface area contributed by atoms with E-state index >= 15 is 0 Å². The molecule has 0 spiro atoms. The zero-order valence-electron chi connectivity index (χ0n) is 16.5. The third-order valence-corrected chi connectivity index (χ3v) is 5.36. The van der Waals surface area contributed by atoms with Crippen LogP contribution in [-0.2, 0) is 11.2 Å². The third kappa shape index (κ3) is 5.78. The highest BCUT2D eigenvalue weighted by Gasteiger charge is 2.23. The molecule has 1 aromatic rings. The molecule has 0 aromatic heterocycles. The molecule has 6 heteroatoms. The minimum atomic E-state index is 0.0535. The van der Waals surface area contributed by atoms with Gasteiger partial charge in [-0.15, -0.1) is 0 Å². The fourth-order valence-corrected chi connectivity index (χ4v) is 3.87. The Morgan fingerprint density at radius 1 is 1.15 bits per heavy atom. The Kier molecular flexibility index (Phi) is 6.85. The van der Waals surface area contributed by atoms with Crippen LogP contribution >= 0.6 is 0 Å². The second-order valence-electron chi connectivity index (χ2n) is 8.05. The monoisotopic (exact) mass is 372 g/mol. The Morgan fingerprint density at radius 3 is 2.44 bits per heavy atom. The first kappa shape index (κ1) is 19.8. The van der Waals surface area contributed by atoms with Crippen molar-refractivity contribution in [3.05, 3.63) is 35.4 Å². The number of rotatable bonds is 6. The molecule has 27 heavy (non-hydrogen) atoms. The number of amides is 2. The Hall–Kier alpha value is -1.92. The van der Waals surface area contributed by atoms with Crippen LogP contribution in [0.5, 0.6) is 0 Å². The summed E-state index contributed by atoms with van der Waals surface area (Å²) in [7, 11) is 0. The number of hydrogen-bond donors (Lipinski definition) is 2. The standard InChI is InChI=1S/C21H32N4O2/c1-16(2)23-20(26)15-24-9-11-25(12-10-24)21(27)19-5-3-17(4-6-19)13-18-7-8-22-14-18/h3-6,16,18,22H,7-15H2,1-2H3,(H,23,26). The molecule has 2 saturated heterocycles. The Bertz CT molecular complexity index is 630. The summed E-state index contributed by atoms with van der Waals surface area (Å²) in [5, 5.41) is 6.32. The summed E-state index contributed by atoms with van der Waals surface area (Å²) in [6, 6.07) is 8.27. The lowest BCUT2D eigenvalue weighted by Gasteiger charge is -2.34. The first-order chi connectivity index (χ1) is 13.0. The van der Waals surface area contributed by atoms with Gasteiger partial charge < -0.3 is 15.5 Å². The smallest absolute Gasteiger partial charge is 0.253 e. The van der Waals surface area contributed by atoms with Crippen molar-refractivity contribution in [2.75, 3.05) is 45.8 Å². The van der Waals surface area contributed by atoms with Crippen molar-refractivity contribution < 1.29 is 9.59 Å². The van der Waals surface area contributed by atoms with Crippen LogP contribution in [0.2, 0.25) is 0 Å². The zero-order valence-corrected chi connectivity index (χ0v) is 16.5. The number of carbonyl (C=O) groups is 2. The van der Waals surface area contributed by atoms with Crippen LogP contribution in [0.3, 0.4) is 0 Å². The average molecular weight is 373 g/mol. The van der Waals surface area contributed by atoms with Crippen molar-refractivity contribution in [3.8, 4) is 0 Å². The Labute approximate surface area is 162 Å². The second-order valence-corrected chi connectivity index (χ2v) is 8.05. The normalized spacial score (nSPS) is 20.9. The van der Waals surface area contributed by atoms with E-state index in [1.165, 1.54) is 12.0 Å². The maximum Gasteiger partial charge on any atom is 0.253 e. The molecule has 2 fully saturated rings. The molecule has 1 unspecified atom stereocenters. The number of hydrogen-bond acceptors (Lipinski definition) is 4. The van der Waals surface area contributed by atoms with Crippen LogP contribution in [-0.4, -0.2) is 73.5 Å². The molecule has 2 heterocycles. The lowest BCUT2D eigenvalue weighted by Crippen LogP contribution is -2.51. The zero-order chi connectivity index (χ0) is 19.2. The highest BCUT2D eigenvalue weighted by molar-refractivity contribution is 5.94. The highest BCUT2D eigenvalue weighted by atomic mass is 16.2. The SMILES string of the molecule is CC(C)NC(=O)CN1CCN(C(=O)c2ccc(CC3CCNC3)cc2)CC1. The topological polar surface area (TPSA) is 64.7 Å². The van der Waals surface area contributed by atoms with Crippen molar-refractivity contribution in [1.29, 1.82) is 0 Å². The van der Waals surface area contributed by atoms with Crippen molar-refractivity contribution in [2.45, 2.75) is 32.7 Å². The van der Waals surface area contributed by atoms with Gasteiger partial charge in [0.05, 0.1) is 6.54 Å². The van der Waals surface area contributed by atoms with Gasteiger partial charge in [0.15, 0.2) is 0 Å². The molecule has 2 amide bonds. The van der Waals surface area contributed by atoms with E-state index in [1.54, 1.807) is 0 Å². The summed E-state index contributed by atoms with van der Waals surface area (Å²) in [5.41, 5.74) is 2.07. The first-order valence-corrected chi connectivity index (χ1v) is 10.1. The molecule has 2 N–H and O–H groups in total. The lowest BCUT2D eigenvalue weighted by atomic mass is 9.98. The van der Waals surface area contributed by atoms with Crippen LogP contribution in [0.1, 0.15) is 36.2 Å². The largest absolute Gasteiger partial charge is 0.353 e. The van der Waals surface area contributed by atoms with E-state index in [1.807, 2.05) is 30.9 Å². The molecule has 1 aromatic carbocycles.